The van der Waals surface area contributed by atoms with Crippen molar-refractivity contribution in [3.63, 3.8) is 0 Å². The van der Waals surface area contributed by atoms with Gasteiger partial charge >= 0.3 is 5.97 Å². The number of para-hydroxylation sites is 2. The van der Waals surface area contributed by atoms with E-state index < -0.39 is 12.0 Å². The number of fused-ring (bicyclic) bond motifs is 1. The fraction of sp³-hybridized carbons (Fsp3) is 0.300. The van der Waals surface area contributed by atoms with Crippen molar-refractivity contribution < 1.29 is 9.90 Å². The average molecular weight is 337 g/mol. The molecule has 5 nitrogen and oxygen atoms in total. The van der Waals surface area contributed by atoms with Gasteiger partial charge in [-0.05, 0) is 42.2 Å². The van der Waals surface area contributed by atoms with Gasteiger partial charge in [-0.1, -0.05) is 38.1 Å². The molecule has 0 saturated heterocycles. The molecule has 1 atom stereocenters. The Morgan fingerprint density at radius 3 is 2.56 bits per heavy atom. The summed E-state index contributed by atoms with van der Waals surface area (Å²) in [5.41, 5.74) is 4.13. The number of carboxylic acids is 1. The van der Waals surface area contributed by atoms with Crippen LogP contribution in [0.2, 0.25) is 0 Å². The molecule has 1 heterocycles. The summed E-state index contributed by atoms with van der Waals surface area (Å²) in [5, 5.41) is 12.4. The number of hydrogen-bond acceptors (Lipinski definition) is 3. The third-order valence-corrected chi connectivity index (χ3v) is 4.23. The molecule has 0 aliphatic rings. The molecule has 25 heavy (non-hydrogen) atoms. The predicted octanol–water partition coefficient (Wildman–Crippen LogP) is 3.61. The van der Waals surface area contributed by atoms with Crippen molar-refractivity contribution in [3.8, 4) is 5.69 Å². The maximum atomic E-state index is 11.3. The van der Waals surface area contributed by atoms with Crippen molar-refractivity contribution in [1.82, 2.24) is 14.9 Å². The Balaban J connectivity index is 1.71. The fourth-order valence-corrected chi connectivity index (χ4v) is 2.92. The molecule has 3 rings (SSSR count). The maximum absolute atomic E-state index is 11.3. The van der Waals surface area contributed by atoms with Crippen LogP contribution in [0, 0.1) is 5.92 Å². The van der Waals surface area contributed by atoms with Crippen molar-refractivity contribution in [2.75, 3.05) is 0 Å². The van der Waals surface area contributed by atoms with E-state index in [1.165, 1.54) is 0 Å². The third kappa shape index (κ3) is 4.06. The number of nitrogens with one attached hydrogen (secondary N) is 1. The van der Waals surface area contributed by atoms with Crippen molar-refractivity contribution in [2.45, 2.75) is 32.9 Å². The molecule has 1 unspecified atom stereocenters. The van der Waals surface area contributed by atoms with Crippen LogP contribution in [0.5, 0.6) is 0 Å². The van der Waals surface area contributed by atoms with Crippen LogP contribution in [0.3, 0.4) is 0 Å². The number of carbonyl (C=O) groups is 1. The topological polar surface area (TPSA) is 67.2 Å². The number of aromatic nitrogens is 2. The van der Waals surface area contributed by atoms with Crippen molar-refractivity contribution in [3.05, 3.63) is 60.4 Å². The van der Waals surface area contributed by atoms with Gasteiger partial charge in [-0.15, -0.1) is 0 Å². The molecule has 0 spiro atoms. The molecule has 2 aromatic carbocycles. The number of imidazole rings is 1. The number of aliphatic carboxylic acids is 1. The van der Waals surface area contributed by atoms with Gasteiger partial charge in [0, 0.05) is 12.2 Å². The van der Waals surface area contributed by atoms with Crippen molar-refractivity contribution >= 4 is 17.0 Å². The standard InChI is InChI=1S/C20H23N3O2/c1-14(2)11-18(20(24)25)21-12-15-7-9-16(10-8-15)23-13-22-17-5-3-4-6-19(17)23/h3-10,13-14,18,21H,11-12H2,1-2H3,(H,24,25). The quantitative estimate of drug-likeness (QED) is 0.691. The minimum Gasteiger partial charge on any atom is -0.480 e. The molecule has 1 aromatic heterocycles. The van der Waals surface area contributed by atoms with Gasteiger partial charge in [-0.3, -0.25) is 9.36 Å². The Kier molecular flexibility index (Phi) is 5.14. The predicted molar refractivity (Wildman–Crippen MR) is 98.8 cm³/mol. The highest BCUT2D eigenvalue weighted by Crippen LogP contribution is 2.18. The summed E-state index contributed by atoms with van der Waals surface area (Å²) in [7, 11) is 0. The molecule has 0 fully saturated rings. The summed E-state index contributed by atoms with van der Waals surface area (Å²) in [6, 6.07) is 15.6. The normalized spacial score (nSPS) is 12.6. The lowest BCUT2D eigenvalue weighted by Crippen LogP contribution is -2.37. The van der Waals surface area contributed by atoms with E-state index in [9.17, 15) is 9.90 Å². The highest BCUT2D eigenvalue weighted by molar-refractivity contribution is 5.77. The first kappa shape index (κ1) is 17.2. The van der Waals surface area contributed by atoms with Crippen molar-refractivity contribution in [1.29, 1.82) is 0 Å². The second-order valence-corrected chi connectivity index (χ2v) is 6.67. The summed E-state index contributed by atoms with van der Waals surface area (Å²) in [5.74, 6) is -0.458. The van der Waals surface area contributed by atoms with E-state index in [-0.39, 0.29) is 0 Å². The Morgan fingerprint density at radius 1 is 1.16 bits per heavy atom. The molecule has 0 aliphatic carbocycles. The molecule has 0 bridgehead atoms. The highest BCUT2D eigenvalue weighted by atomic mass is 16.4. The highest BCUT2D eigenvalue weighted by Gasteiger charge is 2.17. The number of nitrogens with zero attached hydrogens (tertiary/aromatic N) is 2. The van der Waals surface area contributed by atoms with Crippen LogP contribution in [0.1, 0.15) is 25.8 Å². The number of hydrogen-bond donors (Lipinski definition) is 2. The van der Waals surface area contributed by atoms with E-state index in [4.69, 9.17) is 0 Å². The minimum atomic E-state index is -0.796. The van der Waals surface area contributed by atoms with Crippen LogP contribution in [-0.4, -0.2) is 26.7 Å². The third-order valence-electron chi connectivity index (χ3n) is 4.23. The molecule has 130 valence electrons. The van der Waals surface area contributed by atoms with Crippen LogP contribution in [-0.2, 0) is 11.3 Å². The van der Waals surface area contributed by atoms with Crippen LogP contribution in [0.4, 0.5) is 0 Å². The van der Waals surface area contributed by atoms with E-state index in [2.05, 4.69) is 10.3 Å². The molecule has 5 heteroatoms. The summed E-state index contributed by atoms with van der Waals surface area (Å²) in [6.45, 7) is 4.60. The Labute approximate surface area is 147 Å². The second kappa shape index (κ2) is 7.49. The van der Waals surface area contributed by atoms with E-state index in [0.717, 1.165) is 22.3 Å². The Hall–Kier alpha value is -2.66. The van der Waals surface area contributed by atoms with E-state index >= 15 is 0 Å². The summed E-state index contributed by atoms with van der Waals surface area (Å²) in [4.78, 5) is 15.7. The van der Waals surface area contributed by atoms with Gasteiger partial charge in [-0.25, -0.2) is 4.98 Å². The number of rotatable bonds is 7. The molecule has 0 aliphatic heterocycles. The van der Waals surface area contributed by atoms with Crippen LogP contribution in [0.25, 0.3) is 16.7 Å². The molecule has 0 radical (unpaired) electrons. The lowest BCUT2D eigenvalue weighted by atomic mass is 10.0. The molecular weight excluding hydrogens is 314 g/mol. The first-order valence-electron chi connectivity index (χ1n) is 8.52. The number of benzene rings is 2. The van der Waals surface area contributed by atoms with Gasteiger partial charge in [0.15, 0.2) is 0 Å². The zero-order chi connectivity index (χ0) is 17.8. The molecule has 0 saturated carbocycles. The second-order valence-electron chi connectivity index (χ2n) is 6.67. The summed E-state index contributed by atoms with van der Waals surface area (Å²) in [6.07, 6.45) is 2.44. The van der Waals surface area contributed by atoms with E-state index in [1.54, 1.807) is 0 Å². The monoisotopic (exact) mass is 337 g/mol. The van der Waals surface area contributed by atoms with Crippen LogP contribution >= 0.6 is 0 Å². The van der Waals surface area contributed by atoms with Crippen molar-refractivity contribution in [2.24, 2.45) is 5.92 Å². The Bertz CT molecular complexity index is 853. The molecule has 3 aromatic rings. The average Bonchev–Trinajstić information content (AvgIpc) is 3.02. The van der Waals surface area contributed by atoms with Gasteiger partial charge in [0.2, 0.25) is 0 Å². The zero-order valence-electron chi connectivity index (χ0n) is 14.5. The summed E-state index contributed by atoms with van der Waals surface area (Å²) >= 11 is 0. The first-order valence-corrected chi connectivity index (χ1v) is 8.52. The Morgan fingerprint density at radius 2 is 1.88 bits per heavy atom. The maximum Gasteiger partial charge on any atom is 0.320 e. The summed E-state index contributed by atoms with van der Waals surface area (Å²) < 4.78 is 2.05. The SMILES string of the molecule is CC(C)CC(NCc1ccc(-n2cnc3ccccc32)cc1)C(=O)O. The lowest BCUT2D eigenvalue weighted by molar-refractivity contribution is -0.140. The molecule has 2 N–H and O–H groups in total. The van der Waals surface area contributed by atoms with Gasteiger partial charge < -0.3 is 10.4 Å². The smallest absolute Gasteiger partial charge is 0.320 e. The molecule has 0 amide bonds. The number of carboxylic acid groups (broad SMARTS) is 1. The van der Waals surface area contributed by atoms with Gasteiger partial charge in [0.05, 0.1) is 11.0 Å². The van der Waals surface area contributed by atoms with E-state index in [0.29, 0.717) is 18.9 Å². The van der Waals surface area contributed by atoms with Gasteiger partial charge in [0.25, 0.3) is 0 Å². The molecular formula is C20H23N3O2. The first-order chi connectivity index (χ1) is 12.0. The van der Waals surface area contributed by atoms with Gasteiger partial charge in [0.1, 0.15) is 12.4 Å². The largest absolute Gasteiger partial charge is 0.480 e. The van der Waals surface area contributed by atoms with Crippen LogP contribution in [0.15, 0.2) is 54.9 Å². The minimum absolute atomic E-state index is 0.338. The van der Waals surface area contributed by atoms with E-state index in [1.807, 2.05) is 73.3 Å². The van der Waals surface area contributed by atoms with Crippen LogP contribution < -0.4 is 5.32 Å². The zero-order valence-corrected chi connectivity index (χ0v) is 14.5. The lowest BCUT2D eigenvalue weighted by Gasteiger charge is -2.16. The van der Waals surface area contributed by atoms with Gasteiger partial charge in [-0.2, -0.15) is 0 Å². The fourth-order valence-electron chi connectivity index (χ4n) is 2.92.